The van der Waals surface area contributed by atoms with Crippen molar-refractivity contribution >= 4 is 12.6 Å². The van der Waals surface area contributed by atoms with E-state index in [0.29, 0.717) is 5.92 Å². The van der Waals surface area contributed by atoms with Gasteiger partial charge in [-0.2, -0.15) is 12.6 Å². The van der Waals surface area contributed by atoms with Crippen LogP contribution in [0, 0.1) is 5.92 Å². The molecule has 0 spiro atoms. The van der Waals surface area contributed by atoms with E-state index < -0.39 is 0 Å². The highest BCUT2D eigenvalue weighted by molar-refractivity contribution is 7.80. The number of likely N-dealkylation sites (tertiary alicyclic amines) is 1. The van der Waals surface area contributed by atoms with Crippen molar-refractivity contribution in [3.63, 3.8) is 0 Å². The van der Waals surface area contributed by atoms with E-state index in [1.807, 2.05) is 0 Å². The first kappa shape index (κ1) is 15.6. The van der Waals surface area contributed by atoms with E-state index in [-0.39, 0.29) is 0 Å². The first-order valence-corrected chi connectivity index (χ1v) is 8.93. The maximum atomic E-state index is 4.51. The summed E-state index contributed by atoms with van der Waals surface area (Å²) in [6, 6.07) is 21.9. The summed E-state index contributed by atoms with van der Waals surface area (Å²) in [7, 11) is 0. The van der Waals surface area contributed by atoms with Crippen molar-refractivity contribution < 1.29 is 0 Å². The Balaban J connectivity index is 1.80. The summed E-state index contributed by atoms with van der Waals surface area (Å²) in [5, 5.41) is 0. The average Bonchev–Trinajstić information content (AvgIpc) is 2.61. The number of hydrogen-bond donors (Lipinski definition) is 1. The van der Waals surface area contributed by atoms with Crippen LogP contribution in [0.15, 0.2) is 60.7 Å². The topological polar surface area (TPSA) is 3.24 Å². The molecule has 0 amide bonds. The number of hydrogen-bond acceptors (Lipinski definition) is 2. The molecule has 2 aromatic rings. The monoisotopic (exact) mass is 311 g/mol. The second-order valence-corrected chi connectivity index (χ2v) is 6.69. The van der Waals surface area contributed by atoms with Gasteiger partial charge >= 0.3 is 0 Å². The van der Waals surface area contributed by atoms with Crippen LogP contribution in [0.1, 0.15) is 29.9 Å². The number of rotatable bonds is 5. The maximum Gasteiger partial charge on any atom is 0.0217 e. The van der Waals surface area contributed by atoms with Crippen LogP contribution >= 0.6 is 12.6 Å². The summed E-state index contributed by atoms with van der Waals surface area (Å²) < 4.78 is 0. The Morgan fingerprint density at radius 2 is 1.55 bits per heavy atom. The molecule has 116 valence electrons. The third-order valence-electron chi connectivity index (χ3n) is 4.71. The van der Waals surface area contributed by atoms with Gasteiger partial charge in [-0.05, 0) is 42.2 Å². The van der Waals surface area contributed by atoms with Crippen LogP contribution in [-0.4, -0.2) is 30.3 Å². The first-order chi connectivity index (χ1) is 10.9. The van der Waals surface area contributed by atoms with E-state index in [1.54, 1.807) is 0 Å². The number of thiol groups is 1. The van der Waals surface area contributed by atoms with Gasteiger partial charge in [0.2, 0.25) is 0 Å². The van der Waals surface area contributed by atoms with Gasteiger partial charge in [0.05, 0.1) is 0 Å². The van der Waals surface area contributed by atoms with Gasteiger partial charge in [-0.3, -0.25) is 0 Å². The van der Waals surface area contributed by atoms with Gasteiger partial charge in [0.25, 0.3) is 0 Å². The molecule has 1 aliphatic heterocycles. The van der Waals surface area contributed by atoms with Crippen LogP contribution < -0.4 is 0 Å². The van der Waals surface area contributed by atoms with Gasteiger partial charge in [-0.25, -0.2) is 0 Å². The van der Waals surface area contributed by atoms with Crippen molar-refractivity contribution in [1.82, 2.24) is 4.90 Å². The van der Waals surface area contributed by atoms with Gasteiger partial charge in [0, 0.05) is 19.0 Å². The Kier molecular flexibility index (Phi) is 5.58. The van der Waals surface area contributed by atoms with Crippen LogP contribution in [0.4, 0.5) is 0 Å². The van der Waals surface area contributed by atoms with Crippen molar-refractivity contribution in [2.24, 2.45) is 5.92 Å². The maximum absolute atomic E-state index is 4.51. The molecular formula is C20H25NS. The lowest BCUT2D eigenvalue weighted by Crippen LogP contribution is -2.38. The Morgan fingerprint density at radius 1 is 0.955 bits per heavy atom. The smallest absolute Gasteiger partial charge is 0.0217 e. The van der Waals surface area contributed by atoms with Gasteiger partial charge in [-0.15, -0.1) is 0 Å². The van der Waals surface area contributed by atoms with Crippen molar-refractivity contribution in [2.45, 2.75) is 18.8 Å². The van der Waals surface area contributed by atoms with Crippen LogP contribution in [0.2, 0.25) is 0 Å². The molecule has 0 aliphatic carbocycles. The minimum atomic E-state index is 0.459. The van der Waals surface area contributed by atoms with E-state index in [2.05, 4.69) is 78.2 Å². The third kappa shape index (κ3) is 3.93. The number of piperidine rings is 1. The minimum Gasteiger partial charge on any atom is -0.302 e. The second-order valence-electron chi connectivity index (χ2n) is 6.32. The summed E-state index contributed by atoms with van der Waals surface area (Å²) in [6.45, 7) is 3.53. The van der Waals surface area contributed by atoms with Gasteiger partial charge in [0.1, 0.15) is 0 Å². The summed E-state index contributed by atoms with van der Waals surface area (Å²) in [5.41, 5.74) is 2.84. The molecule has 1 saturated heterocycles. The van der Waals surface area contributed by atoms with Gasteiger partial charge in [-0.1, -0.05) is 60.7 Å². The predicted octanol–water partition coefficient (Wildman–Crippen LogP) is 4.46. The Morgan fingerprint density at radius 3 is 2.09 bits per heavy atom. The Bertz CT molecular complexity index is 515. The lowest BCUT2D eigenvalue weighted by molar-refractivity contribution is 0.181. The van der Waals surface area contributed by atoms with E-state index >= 15 is 0 Å². The van der Waals surface area contributed by atoms with Crippen LogP contribution in [0.3, 0.4) is 0 Å². The van der Waals surface area contributed by atoms with E-state index in [4.69, 9.17) is 0 Å². The second kappa shape index (κ2) is 7.85. The van der Waals surface area contributed by atoms with Gasteiger partial charge in [0.15, 0.2) is 0 Å². The van der Waals surface area contributed by atoms with Crippen LogP contribution in [-0.2, 0) is 0 Å². The fourth-order valence-electron chi connectivity index (χ4n) is 3.50. The van der Waals surface area contributed by atoms with Crippen LogP contribution in [0.5, 0.6) is 0 Å². The van der Waals surface area contributed by atoms with E-state index in [1.165, 1.54) is 37.1 Å². The zero-order chi connectivity index (χ0) is 15.2. The number of nitrogens with zero attached hydrogens (tertiary/aromatic N) is 1. The lowest BCUT2D eigenvalue weighted by atomic mass is 9.89. The summed E-state index contributed by atoms with van der Waals surface area (Å²) in [6.07, 6.45) is 2.64. The standard InChI is InChI=1S/C20H25NS/c22-16-17-8-7-13-21(14-17)15-20(18-9-3-1-4-10-18)19-11-5-2-6-12-19/h1-6,9-12,17,20,22H,7-8,13-16H2/t17-/m0/s1. The van der Waals surface area contributed by atoms with Crippen molar-refractivity contribution in [3.05, 3.63) is 71.8 Å². The molecule has 0 N–H and O–H groups in total. The summed E-state index contributed by atoms with van der Waals surface area (Å²) in [4.78, 5) is 2.63. The molecule has 0 bridgehead atoms. The highest BCUT2D eigenvalue weighted by Crippen LogP contribution is 2.28. The van der Waals surface area contributed by atoms with Crippen molar-refractivity contribution in [1.29, 1.82) is 0 Å². The molecule has 0 unspecified atom stereocenters. The normalized spacial score (nSPS) is 19.5. The van der Waals surface area contributed by atoms with E-state index in [9.17, 15) is 0 Å². The molecule has 0 aromatic heterocycles. The lowest BCUT2D eigenvalue weighted by Gasteiger charge is -2.35. The quantitative estimate of drug-likeness (QED) is 0.798. The zero-order valence-electron chi connectivity index (χ0n) is 13.1. The highest BCUT2D eigenvalue weighted by Gasteiger charge is 2.23. The molecule has 1 aliphatic rings. The molecule has 0 radical (unpaired) electrons. The molecule has 1 atom stereocenters. The molecule has 2 heteroatoms. The highest BCUT2D eigenvalue weighted by atomic mass is 32.1. The van der Waals surface area contributed by atoms with Gasteiger partial charge < -0.3 is 4.90 Å². The fourth-order valence-corrected chi connectivity index (χ4v) is 3.80. The molecule has 1 heterocycles. The minimum absolute atomic E-state index is 0.459. The molecule has 1 nitrogen and oxygen atoms in total. The predicted molar refractivity (Wildman–Crippen MR) is 97.7 cm³/mol. The molecule has 1 fully saturated rings. The Labute approximate surface area is 139 Å². The summed E-state index contributed by atoms with van der Waals surface area (Å²) >= 11 is 4.51. The average molecular weight is 311 g/mol. The summed E-state index contributed by atoms with van der Waals surface area (Å²) in [5.74, 6) is 2.23. The molecule has 2 aromatic carbocycles. The molecule has 3 rings (SSSR count). The van der Waals surface area contributed by atoms with E-state index in [0.717, 1.165) is 18.2 Å². The molecular weight excluding hydrogens is 286 g/mol. The van der Waals surface area contributed by atoms with Crippen LogP contribution in [0.25, 0.3) is 0 Å². The molecule has 0 saturated carbocycles. The third-order valence-corrected chi connectivity index (χ3v) is 5.22. The fraction of sp³-hybridized carbons (Fsp3) is 0.400. The van der Waals surface area contributed by atoms with Crippen molar-refractivity contribution in [2.75, 3.05) is 25.4 Å². The Hall–Kier alpha value is -1.25. The first-order valence-electron chi connectivity index (χ1n) is 8.30. The SMILES string of the molecule is SC[C@H]1CCCN(CC(c2ccccc2)c2ccccc2)C1. The number of benzene rings is 2. The van der Waals surface area contributed by atoms with Crippen molar-refractivity contribution in [3.8, 4) is 0 Å². The molecule has 22 heavy (non-hydrogen) atoms. The zero-order valence-corrected chi connectivity index (χ0v) is 14.0. The largest absolute Gasteiger partial charge is 0.302 e.